The fourth-order valence-electron chi connectivity index (χ4n) is 1.71. The second kappa shape index (κ2) is 5.18. The van der Waals surface area contributed by atoms with Crippen LogP contribution in [0.4, 0.5) is 5.82 Å². The van der Waals surface area contributed by atoms with Gasteiger partial charge in [-0.3, -0.25) is 0 Å². The van der Waals surface area contributed by atoms with Gasteiger partial charge >= 0.3 is 5.97 Å². The summed E-state index contributed by atoms with van der Waals surface area (Å²) in [6.07, 6.45) is 0. The van der Waals surface area contributed by atoms with Crippen molar-refractivity contribution < 1.29 is 9.90 Å². The van der Waals surface area contributed by atoms with Crippen LogP contribution < -0.4 is 4.90 Å². The van der Waals surface area contributed by atoms with Crippen LogP contribution >= 0.6 is 11.3 Å². The van der Waals surface area contributed by atoms with Crippen molar-refractivity contribution in [1.82, 2.24) is 4.98 Å². The average molecular weight is 262 g/mol. The first-order valence-corrected chi connectivity index (χ1v) is 6.40. The molecule has 0 atom stereocenters. The smallest absolute Gasteiger partial charge is 0.339 e. The van der Waals surface area contributed by atoms with E-state index in [9.17, 15) is 4.79 Å². The van der Waals surface area contributed by atoms with Gasteiger partial charge in [0.2, 0.25) is 0 Å². The summed E-state index contributed by atoms with van der Waals surface area (Å²) in [5.41, 5.74) is 1.05. The molecule has 0 aromatic carbocycles. The lowest BCUT2D eigenvalue weighted by Crippen LogP contribution is -2.20. The molecule has 5 heteroatoms. The van der Waals surface area contributed by atoms with Crippen LogP contribution in [0.1, 0.15) is 20.9 Å². The van der Waals surface area contributed by atoms with Crippen LogP contribution in [0.3, 0.4) is 0 Å². The van der Waals surface area contributed by atoms with Crippen LogP contribution in [0.5, 0.6) is 0 Å². The van der Waals surface area contributed by atoms with E-state index in [1.165, 1.54) is 4.88 Å². The Morgan fingerprint density at radius 3 is 2.83 bits per heavy atom. The SMILES string of the molecule is Cc1ccc(C(=O)O)c(N(C)Cc2cccs2)n1. The summed E-state index contributed by atoms with van der Waals surface area (Å²) in [6.45, 7) is 2.52. The van der Waals surface area contributed by atoms with Crippen molar-refractivity contribution in [2.75, 3.05) is 11.9 Å². The van der Waals surface area contributed by atoms with Gasteiger partial charge in [0.05, 0.1) is 6.54 Å². The average Bonchev–Trinajstić information content (AvgIpc) is 2.81. The molecule has 0 radical (unpaired) electrons. The Morgan fingerprint density at radius 2 is 2.22 bits per heavy atom. The molecule has 2 heterocycles. The van der Waals surface area contributed by atoms with E-state index in [4.69, 9.17) is 5.11 Å². The molecule has 0 saturated carbocycles. The number of anilines is 1. The van der Waals surface area contributed by atoms with Gasteiger partial charge in [0, 0.05) is 17.6 Å². The normalized spacial score (nSPS) is 10.3. The third-order valence-corrected chi connectivity index (χ3v) is 3.44. The van der Waals surface area contributed by atoms with Crippen LogP contribution in [0.25, 0.3) is 0 Å². The van der Waals surface area contributed by atoms with Gasteiger partial charge in [0.1, 0.15) is 11.4 Å². The maximum absolute atomic E-state index is 11.2. The van der Waals surface area contributed by atoms with E-state index in [0.717, 1.165) is 5.69 Å². The number of carboxylic acid groups (broad SMARTS) is 1. The van der Waals surface area contributed by atoms with Crippen molar-refractivity contribution in [2.24, 2.45) is 0 Å². The Morgan fingerprint density at radius 1 is 1.44 bits per heavy atom. The molecule has 1 N–H and O–H groups in total. The molecular weight excluding hydrogens is 248 g/mol. The fraction of sp³-hybridized carbons (Fsp3) is 0.231. The first-order valence-electron chi connectivity index (χ1n) is 5.52. The Hall–Kier alpha value is -1.88. The summed E-state index contributed by atoms with van der Waals surface area (Å²) in [6, 6.07) is 7.32. The summed E-state index contributed by atoms with van der Waals surface area (Å²) in [4.78, 5) is 18.5. The van der Waals surface area contributed by atoms with E-state index in [2.05, 4.69) is 4.98 Å². The largest absolute Gasteiger partial charge is 0.478 e. The van der Waals surface area contributed by atoms with Gasteiger partial charge in [0.25, 0.3) is 0 Å². The maximum Gasteiger partial charge on any atom is 0.339 e. The molecule has 0 spiro atoms. The number of carbonyl (C=O) groups is 1. The highest BCUT2D eigenvalue weighted by Gasteiger charge is 2.15. The van der Waals surface area contributed by atoms with Crippen LogP contribution in [-0.2, 0) is 6.54 Å². The highest BCUT2D eigenvalue weighted by Crippen LogP contribution is 2.21. The quantitative estimate of drug-likeness (QED) is 0.920. The minimum absolute atomic E-state index is 0.236. The third-order valence-electron chi connectivity index (χ3n) is 2.58. The zero-order chi connectivity index (χ0) is 13.1. The van der Waals surface area contributed by atoms with Crippen LogP contribution in [0.15, 0.2) is 29.6 Å². The van der Waals surface area contributed by atoms with E-state index in [-0.39, 0.29) is 5.56 Å². The van der Waals surface area contributed by atoms with Gasteiger partial charge < -0.3 is 10.0 Å². The van der Waals surface area contributed by atoms with Crippen molar-refractivity contribution in [1.29, 1.82) is 0 Å². The third kappa shape index (κ3) is 2.68. The minimum atomic E-state index is -0.949. The van der Waals surface area contributed by atoms with Crippen molar-refractivity contribution in [3.8, 4) is 0 Å². The molecule has 0 aliphatic carbocycles. The summed E-state index contributed by atoms with van der Waals surface area (Å²) in [5.74, 6) is -0.438. The van der Waals surface area contributed by atoms with Crippen molar-refractivity contribution in [3.05, 3.63) is 45.8 Å². The molecular formula is C13H14N2O2S. The molecule has 18 heavy (non-hydrogen) atoms. The number of aromatic nitrogens is 1. The molecule has 4 nitrogen and oxygen atoms in total. The molecule has 0 aliphatic rings. The lowest BCUT2D eigenvalue weighted by Gasteiger charge is -2.19. The minimum Gasteiger partial charge on any atom is -0.478 e. The predicted molar refractivity (Wildman–Crippen MR) is 72.4 cm³/mol. The van der Waals surface area contributed by atoms with E-state index < -0.39 is 5.97 Å². The molecule has 2 rings (SSSR count). The lowest BCUT2D eigenvalue weighted by molar-refractivity contribution is 0.0697. The number of hydrogen-bond acceptors (Lipinski definition) is 4. The zero-order valence-electron chi connectivity index (χ0n) is 10.3. The fourth-order valence-corrected chi connectivity index (χ4v) is 2.47. The number of nitrogens with zero attached hydrogens (tertiary/aromatic N) is 2. The number of aromatic carboxylic acids is 1. The first kappa shape index (κ1) is 12.6. The molecule has 0 fully saturated rings. The summed E-state index contributed by atoms with van der Waals surface area (Å²) in [5, 5.41) is 11.2. The maximum atomic E-state index is 11.2. The zero-order valence-corrected chi connectivity index (χ0v) is 11.1. The van der Waals surface area contributed by atoms with E-state index in [0.29, 0.717) is 12.4 Å². The van der Waals surface area contributed by atoms with Gasteiger partial charge in [-0.05, 0) is 30.5 Å². The van der Waals surface area contributed by atoms with Gasteiger partial charge in [-0.15, -0.1) is 11.3 Å². The van der Waals surface area contributed by atoms with E-state index in [1.807, 2.05) is 36.4 Å². The molecule has 2 aromatic heterocycles. The van der Waals surface area contributed by atoms with Gasteiger partial charge in [0.15, 0.2) is 0 Å². The first-order chi connectivity index (χ1) is 8.58. The van der Waals surface area contributed by atoms with Crippen molar-refractivity contribution in [3.63, 3.8) is 0 Å². The number of hydrogen-bond donors (Lipinski definition) is 1. The highest BCUT2D eigenvalue weighted by molar-refractivity contribution is 7.09. The summed E-state index contributed by atoms with van der Waals surface area (Å²) in [7, 11) is 1.86. The molecule has 0 amide bonds. The van der Waals surface area contributed by atoms with E-state index in [1.54, 1.807) is 23.5 Å². The van der Waals surface area contributed by atoms with Gasteiger partial charge in [-0.1, -0.05) is 6.07 Å². The van der Waals surface area contributed by atoms with Crippen molar-refractivity contribution >= 4 is 23.1 Å². The molecule has 0 saturated heterocycles. The number of pyridine rings is 1. The highest BCUT2D eigenvalue weighted by atomic mass is 32.1. The van der Waals surface area contributed by atoms with Gasteiger partial charge in [-0.25, -0.2) is 9.78 Å². The topological polar surface area (TPSA) is 53.4 Å². The second-order valence-electron chi connectivity index (χ2n) is 4.06. The van der Waals surface area contributed by atoms with E-state index >= 15 is 0 Å². The second-order valence-corrected chi connectivity index (χ2v) is 5.10. The molecule has 0 unspecified atom stereocenters. The molecule has 0 aliphatic heterocycles. The van der Waals surface area contributed by atoms with Crippen LogP contribution in [-0.4, -0.2) is 23.1 Å². The van der Waals surface area contributed by atoms with Crippen LogP contribution in [0, 0.1) is 6.92 Å². The number of aryl methyl sites for hydroxylation is 1. The Labute approximate surface area is 110 Å². The molecule has 0 bridgehead atoms. The number of carboxylic acids is 1. The Kier molecular flexibility index (Phi) is 3.62. The predicted octanol–water partition coefficient (Wildman–Crippen LogP) is 2.79. The summed E-state index contributed by atoms with van der Waals surface area (Å²) >= 11 is 1.65. The van der Waals surface area contributed by atoms with Gasteiger partial charge in [-0.2, -0.15) is 0 Å². The Bertz CT molecular complexity index is 552. The monoisotopic (exact) mass is 262 g/mol. The lowest BCUT2D eigenvalue weighted by atomic mass is 10.2. The molecule has 94 valence electrons. The molecule has 2 aromatic rings. The standard InChI is InChI=1S/C13H14N2O2S/c1-9-5-6-11(13(16)17)12(14-9)15(2)8-10-4-3-7-18-10/h3-7H,8H2,1-2H3,(H,16,17). The van der Waals surface area contributed by atoms with Crippen LogP contribution in [0.2, 0.25) is 0 Å². The number of rotatable bonds is 4. The Balaban J connectivity index is 2.31. The van der Waals surface area contributed by atoms with Crippen molar-refractivity contribution in [2.45, 2.75) is 13.5 Å². The summed E-state index contributed by atoms with van der Waals surface area (Å²) < 4.78 is 0. The number of thiophene rings is 1.